The van der Waals surface area contributed by atoms with Crippen molar-refractivity contribution in [1.82, 2.24) is 0 Å². The van der Waals surface area contributed by atoms with Crippen LogP contribution in [0.25, 0.3) is 0 Å². The van der Waals surface area contributed by atoms with E-state index in [-0.39, 0.29) is 12.6 Å². The Hall–Kier alpha value is -1.55. The van der Waals surface area contributed by atoms with E-state index in [1.807, 2.05) is 6.07 Å². The fourth-order valence-corrected chi connectivity index (χ4v) is 1.48. The molecular weight excluding hydrogens is 204 g/mol. The van der Waals surface area contributed by atoms with Crippen molar-refractivity contribution in [3.63, 3.8) is 0 Å². The summed E-state index contributed by atoms with van der Waals surface area (Å²) >= 11 is 0. The number of carbonyl (C=O) groups excluding carboxylic acids is 1. The van der Waals surface area contributed by atoms with Crippen molar-refractivity contribution in [2.24, 2.45) is 11.5 Å². The number of nitrogens with two attached hydrogens (primary N) is 2. The largest absolute Gasteiger partial charge is 0.448 e. The number of aryl methyl sites for hydroxylation is 2. The Bertz CT molecular complexity index is 377. The van der Waals surface area contributed by atoms with Crippen LogP contribution in [-0.4, -0.2) is 18.7 Å². The molecule has 0 aliphatic heterocycles. The van der Waals surface area contributed by atoms with Gasteiger partial charge in [0, 0.05) is 6.04 Å². The van der Waals surface area contributed by atoms with E-state index in [9.17, 15) is 4.79 Å². The molecule has 0 radical (unpaired) electrons. The molecule has 16 heavy (non-hydrogen) atoms. The van der Waals surface area contributed by atoms with Crippen molar-refractivity contribution in [3.8, 4) is 0 Å². The smallest absolute Gasteiger partial charge is 0.404 e. The molecule has 1 unspecified atom stereocenters. The van der Waals surface area contributed by atoms with Crippen molar-refractivity contribution in [3.05, 3.63) is 34.9 Å². The van der Waals surface area contributed by atoms with Crippen LogP contribution in [0.1, 0.15) is 16.7 Å². The summed E-state index contributed by atoms with van der Waals surface area (Å²) in [5.41, 5.74) is 14.3. The predicted molar refractivity (Wildman–Crippen MR) is 63.1 cm³/mol. The predicted octanol–water partition coefficient (Wildman–Crippen LogP) is 1.27. The van der Waals surface area contributed by atoms with Gasteiger partial charge in [0.2, 0.25) is 0 Å². The summed E-state index contributed by atoms with van der Waals surface area (Å²) in [7, 11) is 0. The molecular formula is C12H18N2O2. The highest BCUT2D eigenvalue weighted by atomic mass is 16.5. The molecule has 1 aromatic rings. The number of carbonyl (C=O) groups is 1. The molecule has 1 rings (SSSR count). The zero-order chi connectivity index (χ0) is 12.1. The molecule has 1 atom stereocenters. The average molecular weight is 222 g/mol. The van der Waals surface area contributed by atoms with E-state index >= 15 is 0 Å². The first-order valence-corrected chi connectivity index (χ1v) is 5.23. The Morgan fingerprint density at radius 2 is 2.06 bits per heavy atom. The topological polar surface area (TPSA) is 78.3 Å². The number of amides is 1. The van der Waals surface area contributed by atoms with E-state index < -0.39 is 6.09 Å². The number of rotatable bonds is 4. The van der Waals surface area contributed by atoms with Crippen molar-refractivity contribution in [2.45, 2.75) is 26.3 Å². The third-order valence-corrected chi connectivity index (χ3v) is 2.51. The quantitative estimate of drug-likeness (QED) is 0.805. The highest BCUT2D eigenvalue weighted by Gasteiger charge is 2.07. The summed E-state index contributed by atoms with van der Waals surface area (Å²) in [6.07, 6.45) is -0.107. The van der Waals surface area contributed by atoms with Crippen LogP contribution in [0.2, 0.25) is 0 Å². The summed E-state index contributed by atoms with van der Waals surface area (Å²) in [5.74, 6) is 0. The maximum absolute atomic E-state index is 10.4. The van der Waals surface area contributed by atoms with Crippen molar-refractivity contribution < 1.29 is 9.53 Å². The van der Waals surface area contributed by atoms with Crippen LogP contribution < -0.4 is 11.5 Å². The SMILES string of the molecule is Cc1ccc(CC(N)COC(N)=O)cc1C. The molecule has 0 bridgehead atoms. The monoisotopic (exact) mass is 222 g/mol. The van der Waals surface area contributed by atoms with Crippen LogP contribution in [0.5, 0.6) is 0 Å². The number of hydrogen-bond acceptors (Lipinski definition) is 3. The van der Waals surface area contributed by atoms with Crippen molar-refractivity contribution >= 4 is 6.09 Å². The van der Waals surface area contributed by atoms with Crippen molar-refractivity contribution in [2.75, 3.05) is 6.61 Å². The van der Waals surface area contributed by atoms with Crippen LogP contribution in [0.3, 0.4) is 0 Å². The van der Waals surface area contributed by atoms with Crippen LogP contribution in [0.15, 0.2) is 18.2 Å². The van der Waals surface area contributed by atoms with E-state index in [1.54, 1.807) is 0 Å². The van der Waals surface area contributed by atoms with Gasteiger partial charge in [0.05, 0.1) is 0 Å². The van der Waals surface area contributed by atoms with E-state index in [4.69, 9.17) is 11.5 Å². The van der Waals surface area contributed by atoms with E-state index in [0.29, 0.717) is 6.42 Å². The van der Waals surface area contributed by atoms with Gasteiger partial charge in [-0.05, 0) is 37.0 Å². The fourth-order valence-electron chi connectivity index (χ4n) is 1.48. The van der Waals surface area contributed by atoms with Gasteiger partial charge in [0.25, 0.3) is 0 Å². The second-order valence-corrected chi connectivity index (χ2v) is 4.01. The van der Waals surface area contributed by atoms with Gasteiger partial charge in [-0.1, -0.05) is 18.2 Å². The zero-order valence-corrected chi connectivity index (χ0v) is 9.69. The second kappa shape index (κ2) is 5.51. The van der Waals surface area contributed by atoms with Gasteiger partial charge in [0.15, 0.2) is 0 Å². The van der Waals surface area contributed by atoms with Gasteiger partial charge in [-0.3, -0.25) is 0 Å². The highest BCUT2D eigenvalue weighted by molar-refractivity contribution is 5.64. The third kappa shape index (κ3) is 3.90. The first kappa shape index (κ1) is 12.5. The lowest BCUT2D eigenvalue weighted by Gasteiger charge is -2.12. The Balaban J connectivity index is 2.52. The van der Waals surface area contributed by atoms with Gasteiger partial charge in [-0.15, -0.1) is 0 Å². The molecule has 0 saturated heterocycles. The number of primary amides is 1. The third-order valence-electron chi connectivity index (χ3n) is 2.51. The number of hydrogen-bond donors (Lipinski definition) is 2. The van der Waals surface area contributed by atoms with Gasteiger partial charge < -0.3 is 16.2 Å². The summed E-state index contributed by atoms with van der Waals surface area (Å²) in [4.78, 5) is 10.4. The molecule has 0 spiro atoms. The summed E-state index contributed by atoms with van der Waals surface area (Å²) < 4.78 is 4.64. The minimum Gasteiger partial charge on any atom is -0.448 e. The number of benzene rings is 1. The molecule has 0 aliphatic rings. The van der Waals surface area contributed by atoms with E-state index in [2.05, 4.69) is 30.7 Å². The maximum atomic E-state index is 10.4. The van der Waals surface area contributed by atoms with Crippen LogP contribution in [0, 0.1) is 13.8 Å². The highest BCUT2D eigenvalue weighted by Crippen LogP contribution is 2.11. The number of ether oxygens (including phenoxy) is 1. The van der Waals surface area contributed by atoms with Crippen LogP contribution >= 0.6 is 0 Å². The Morgan fingerprint density at radius 1 is 1.38 bits per heavy atom. The van der Waals surface area contributed by atoms with Gasteiger partial charge in [0.1, 0.15) is 6.61 Å². The first-order chi connectivity index (χ1) is 7.49. The lowest BCUT2D eigenvalue weighted by Crippen LogP contribution is -2.31. The molecule has 4 heteroatoms. The fraction of sp³-hybridized carbons (Fsp3) is 0.417. The van der Waals surface area contributed by atoms with Gasteiger partial charge >= 0.3 is 6.09 Å². The van der Waals surface area contributed by atoms with E-state index in [1.165, 1.54) is 11.1 Å². The Labute approximate surface area is 95.6 Å². The summed E-state index contributed by atoms with van der Waals surface area (Å²) in [6, 6.07) is 5.98. The lowest BCUT2D eigenvalue weighted by molar-refractivity contribution is 0.149. The second-order valence-electron chi connectivity index (χ2n) is 4.01. The van der Waals surface area contributed by atoms with E-state index in [0.717, 1.165) is 5.56 Å². The minimum atomic E-state index is -0.782. The van der Waals surface area contributed by atoms with Crippen molar-refractivity contribution in [1.29, 1.82) is 0 Å². The zero-order valence-electron chi connectivity index (χ0n) is 9.69. The maximum Gasteiger partial charge on any atom is 0.404 e. The molecule has 0 fully saturated rings. The molecule has 1 amide bonds. The molecule has 88 valence electrons. The summed E-state index contributed by atoms with van der Waals surface area (Å²) in [6.45, 7) is 4.28. The molecule has 4 nitrogen and oxygen atoms in total. The molecule has 4 N–H and O–H groups in total. The molecule has 1 aromatic carbocycles. The average Bonchev–Trinajstić information content (AvgIpc) is 2.21. The summed E-state index contributed by atoms with van der Waals surface area (Å²) in [5, 5.41) is 0. The first-order valence-electron chi connectivity index (χ1n) is 5.23. The lowest BCUT2D eigenvalue weighted by atomic mass is 10.0. The Kier molecular flexibility index (Phi) is 4.31. The molecule has 0 aromatic heterocycles. The molecule has 0 heterocycles. The van der Waals surface area contributed by atoms with Gasteiger partial charge in [-0.25, -0.2) is 4.79 Å². The standard InChI is InChI=1S/C12H18N2O2/c1-8-3-4-10(5-9(8)2)6-11(13)7-16-12(14)15/h3-5,11H,6-7,13H2,1-2H3,(H2,14,15). The molecule has 0 aliphatic carbocycles. The molecule has 0 saturated carbocycles. The minimum absolute atomic E-state index is 0.155. The normalized spacial score (nSPS) is 12.2. The van der Waals surface area contributed by atoms with Crippen LogP contribution in [-0.2, 0) is 11.2 Å². The van der Waals surface area contributed by atoms with Gasteiger partial charge in [-0.2, -0.15) is 0 Å². The van der Waals surface area contributed by atoms with Crippen LogP contribution in [0.4, 0.5) is 4.79 Å². The Morgan fingerprint density at radius 3 is 2.62 bits per heavy atom.